The number of benzene rings is 1. The topological polar surface area (TPSA) is 66.5 Å². The van der Waals surface area contributed by atoms with Gasteiger partial charge in [-0.2, -0.15) is 4.31 Å². The molecular formula is C19H30N2O3S. The van der Waals surface area contributed by atoms with Gasteiger partial charge in [0.1, 0.15) is 6.04 Å². The lowest BCUT2D eigenvalue weighted by Gasteiger charge is -2.25. The zero-order chi connectivity index (χ0) is 18.3. The van der Waals surface area contributed by atoms with Gasteiger partial charge in [0.15, 0.2) is 0 Å². The molecule has 0 spiro atoms. The predicted octanol–water partition coefficient (Wildman–Crippen LogP) is 3.31. The number of carbonyl (C=O) groups is 1. The summed E-state index contributed by atoms with van der Waals surface area (Å²) in [5.41, 5.74) is 0. The van der Waals surface area contributed by atoms with Crippen LogP contribution < -0.4 is 5.32 Å². The van der Waals surface area contributed by atoms with Crippen molar-refractivity contribution in [1.29, 1.82) is 0 Å². The lowest BCUT2D eigenvalue weighted by molar-refractivity contribution is -0.124. The highest BCUT2D eigenvalue weighted by atomic mass is 32.2. The molecule has 1 heterocycles. The van der Waals surface area contributed by atoms with Crippen LogP contribution in [0.5, 0.6) is 0 Å². The van der Waals surface area contributed by atoms with E-state index in [1.165, 1.54) is 23.6 Å². The third-order valence-electron chi connectivity index (χ3n) is 4.74. The Bertz CT molecular complexity index is 646. The van der Waals surface area contributed by atoms with E-state index >= 15 is 0 Å². The summed E-state index contributed by atoms with van der Waals surface area (Å²) in [5.74, 6) is -0.167. The number of hydrogen-bond acceptors (Lipinski definition) is 3. The van der Waals surface area contributed by atoms with Crippen LogP contribution in [0.2, 0.25) is 0 Å². The maximum absolute atomic E-state index is 12.8. The molecule has 140 valence electrons. The zero-order valence-electron chi connectivity index (χ0n) is 15.3. The molecule has 0 saturated carbocycles. The first-order valence-corrected chi connectivity index (χ1v) is 10.8. The highest BCUT2D eigenvalue weighted by Gasteiger charge is 2.39. The van der Waals surface area contributed by atoms with Crippen molar-refractivity contribution in [3.05, 3.63) is 30.3 Å². The molecule has 0 bridgehead atoms. The molecule has 0 radical (unpaired) electrons. The van der Waals surface area contributed by atoms with Crippen molar-refractivity contribution < 1.29 is 13.2 Å². The Labute approximate surface area is 151 Å². The number of sulfonamides is 1. The normalized spacial score (nSPS) is 19.7. The van der Waals surface area contributed by atoms with Crippen molar-refractivity contribution in [3.63, 3.8) is 0 Å². The van der Waals surface area contributed by atoms with Gasteiger partial charge in [-0.05, 0) is 38.3 Å². The molecule has 1 aliphatic rings. The van der Waals surface area contributed by atoms with E-state index in [0.717, 1.165) is 19.3 Å². The van der Waals surface area contributed by atoms with Crippen LogP contribution in [0.25, 0.3) is 0 Å². The van der Waals surface area contributed by atoms with Crippen molar-refractivity contribution in [3.8, 4) is 0 Å². The van der Waals surface area contributed by atoms with Gasteiger partial charge in [0, 0.05) is 12.6 Å². The number of nitrogens with zero attached hydrogens (tertiary/aromatic N) is 1. The molecule has 0 aliphatic carbocycles. The fourth-order valence-corrected chi connectivity index (χ4v) is 4.98. The minimum absolute atomic E-state index is 0.0752. The fourth-order valence-electron chi connectivity index (χ4n) is 3.31. The molecule has 1 fully saturated rings. The largest absolute Gasteiger partial charge is 0.352 e. The van der Waals surface area contributed by atoms with E-state index in [4.69, 9.17) is 0 Å². The molecule has 1 aromatic rings. The highest BCUT2D eigenvalue weighted by Crippen LogP contribution is 2.26. The number of nitrogens with one attached hydrogen (secondary N) is 1. The van der Waals surface area contributed by atoms with Crippen LogP contribution in [0.1, 0.15) is 58.8 Å². The summed E-state index contributed by atoms with van der Waals surface area (Å²) in [4.78, 5) is 12.9. The van der Waals surface area contributed by atoms with Crippen molar-refractivity contribution in [2.24, 2.45) is 0 Å². The molecule has 1 amide bonds. The molecule has 5 nitrogen and oxygen atoms in total. The van der Waals surface area contributed by atoms with Crippen LogP contribution in [-0.2, 0) is 14.8 Å². The van der Waals surface area contributed by atoms with Crippen molar-refractivity contribution in [1.82, 2.24) is 9.62 Å². The molecule has 25 heavy (non-hydrogen) atoms. The summed E-state index contributed by atoms with van der Waals surface area (Å²) in [7, 11) is -3.62. The van der Waals surface area contributed by atoms with Crippen molar-refractivity contribution in [2.45, 2.75) is 75.8 Å². The van der Waals surface area contributed by atoms with Gasteiger partial charge in [-0.15, -0.1) is 0 Å². The van der Waals surface area contributed by atoms with Crippen LogP contribution in [0.15, 0.2) is 35.2 Å². The second-order valence-electron chi connectivity index (χ2n) is 6.85. The lowest BCUT2D eigenvalue weighted by atomic mass is 10.1. The maximum atomic E-state index is 12.8. The molecule has 6 heteroatoms. The Morgan fingerprint density at radius 2 is 1.96 bits per heavy atom. The first kappa shape index (κ1) is 19.9. The highest BCUT2D eigenvalue weighted by molar-refractivity contribution is 7.89. The average molecular weight is 367 g/mol. The van der Waals surface area contributed by atoms with Crippen LogP contribution in [0, 0.1) is 0 Å². The number of unbranched alkanes of at least 4 members (excludes halogenated alkanes) is 3. The second-order valence-corrected chi connectivity index (χ2v) is 8.74. The number of hydrogen-bond donors (Lipinski definition) is 1. The van der Waals surface area contributed by atoms with Gasteiger partial charge in [0.05, 0.1) is 4.90 Å². The average Bonchev–Trinajstić information content (AvgIpc) is 3.10. The van der Waals surface area contributed by atoms with Gasteiger partial charge in [0.2, 0.25) is 15.9 Å². The van der Waals surface area contributed by atoms with Crippen LogP contribution >= 0.6 is 0 Å². The van der Waals surface area contributed by atoms with Crippen LogP contribution in [0.4, 0.5) is 0 Å². The standard InChI is InChI=1S/C19H30N2O3S/c1-3-4-5-7-11-16(2)20-19(22)18-14-10-15-21(18)25(23,24)17-12-8-6-9-13-17/h6,8-9,12-13,16,18H,3-5,7,10-11,14-15H2,1-2H3,(H,20,22)/t16-,18-/m1/s1. The Morgan fingerprint density at radius 3 is 2.64 bits per heavy atom. The van der Waals surface area contributed by atoms with Gasteiger partial charge < -0.3 is 5.32 Å². The number of amides is 1. The Hall–Kier alpha value is -1.40. The maximum Gasteiger partial charge on any atom is 0.243 e. The predicted molar refractivity (Wildman–Crippen MR) is 99.7 cm³/mol. The quantitative estimate of drug-likeness (QED) is 0.682. The molecule has 1 saturated heterocycles. The minimum atomic E-state index is -3.62. The SMILES string of the molecule is CCCCCC[C@@H](C)NC(=O)[C@H]1CCCN1S(=O)(=O)c1ccccc1. The van der Waals surface area contributed by atoms with E-state index < -0.39 is 16.1 Å². The summed E-state index contributed by atoms with van der Waals surface area (Å²) >= 11 is 0. The second kappa shape index (κ2) is 9.34. The van der Waals surface area contributed by atoms with Gasteiger partial charge in [0.25, 0.3) is 0 Å². The van der Waals surface area contributed by atoms with Crippen LogP contribution in [0.3, 0.4) is 0 Å². The Kier molecular flexibility index (Phi) is 7.44. The molecule has 2 atom stereocenters. The molecule has 1 aromatic carbocycles. The molecule has 0 aromatic heterocycles. The van der Waals surface area contributed by atoms with Gasteiger partial charge in [-0.25, -0.2) is 8.42 Å². The van der Waals surface area contributed by atoms with Gasteiger partial charge in [-0.3, -0.25) is 4.79 Å². The van der Waals surface area contributed by atoms with E-state index in [1.54, 1.807) is 30.3 Å². The number of rotatable bonds is 9. The number of carbonyl (C=O) groups excluding carboxylic acids is 1. The summed E-state index contributed by atoms with van der Waals surface area (Å²) < 4.78 is 27.0. The van der Waals surface area contributed by atoms with Crippen molar-refractivity contribution >= 4 is 15.9 Å². The molecule has 2 rings (SSSR count). The molecule has 1 N–H and O–H groups in total. The monoisotopic (exact) mass is 366 g/mol. The molecule has 1 aliphatic heterocycles. The summed E-state index contributed by atoms with van der Waals surface area (Å²) in [6.45, 7) is 4.57. The molecular weight excluding hydrogens is 336 g/mol. The fraction of sp³-hybridized carbons (Fsp3) is 0.632. The Balaban J connectivity index is 1.97. The van der Waals surface area contributed by atoms with Crippen LogP contribution in [-0.4, -0.2) is 37.3 Å². The first-order valence-electron chi connectivity index (χ1n) is 9.34. The summed E-state index contributed by atoms with van der Waals surface area (Å²) in [6, 6.07) is 7.84. The smallest absolute Gasteiger partial charge is 0.243 e. The summed E-state index contributed by atoms with van der Waals surface area (Å²) in [5, 5.41) is 3.01. The van der Waals surface area contributed by atoms with Crippen molar-refractivity contribution in [2.75, 3.05) is 6.54 Å². The third kappa shape index (κ3) is 5.28. The van der Waals surface area contributed by atoms with E-state index in [1.807, 2.05) is 6.92 Å². The van der Waals surface area contributed by atoms with Gasteiger partial charge in [-0.1, -0.05) is 50.8 Å². The third-order valence-corrected chi connectivity index (χ3v) is 6.66. The molecule has 0 unspecified atom stereocenters. The van der Waals surface area contributed by atoms with E-state index in [2.05, 4.69) is 12.2 Å². The zero-order valence-corrected chi connectivity index (χ0v) is 16.1. The lowest BCUT2D eigenvalue weighted by Crippen LogP contribution is -2.48. The van der Waals surface area contributed by atoms with Gasteiger partial charge >= 0.3 is 0 Å². The Morgan fingerprint density at radius 1 is 1.24 bits per heavy atom. The van der Waals surface area contributed by atoms with E-state index in [9.17, 15) is 13.2 Å². The minimum Gasteiger partial charge on any atom is -0.352 e. The van der Waals surface area contributed by atoms with E-state index in [0.29, 0.717) is 13.0 Å². The van der Waals surface area contributed by atoms with E-state index in [-0.39, 0.29) is 16.8 Å². The summed E-state index contributed by atoms with van der Waals surface area (Å²) in [6.07, 6.45) is 6.90. The first-order chi connectivity index (χ1) is 12.0.